The molecule has 2 aliphatic heterocycles. The third-order valence-electron chi connectivity index (χ3n) is 6.35. The fraction of sp³-hybridized carbons (Fsp3) is 0.375. The molecule has 0 radical (unpaired) electrons. The zero-order valence-electron chi connectivity index (χ0n) is 17.8. The summed E-state index contributed by atoms with van der Waals surface area (Å²) in [5, 5.41) is 5.51. The van der Waals surface area contributed by atoms with Crippen LogP contribution >= 0.6 is 0 Å². The summed E-state index contributed by atoms with van der Waals surface area (Å²) in [6, 6.07) is 12.7. The third-order valence-corrected chi connectivity index (χ3v) is 6.35. The van der Waals surface area contributed by atoms with Gasteiger partial charge in [-0.15, -0.1) is 0 Å². The molecule has 5 rings (SSSR count). The van der Waals surface area contributed by atoms with Gasteiger partial charge < -0.3 is 20.1 Å². The van der Waals surface area contributed by atoms with Crippen LogP contribution in [0.5, 0.6) is 11.5 Å². The molecule has 0 unspecified atom stereocenters. The van der Waals surface area contributed by atoms with Gasteiger partial charge in [-0.05, 0) is 55.0 Å². The largest absolute Gasteiger partial charge is 0.486 e. The highest BCUT2D eigenvalue weighted by Gasteiger charge is 2.49. The molecule has 2 N–H and O–H groups in total. The lowest BCUT2D eigenvalue weighted by Gasteiger charge is -2.26. The van der Waals surface area contributed by atoms with Crippen molar-refractivity contribution in [3.05, 3.63) is 59.2 Å². The number of nitrogens with zero attached hydrogens (tertiary/aromatic N) is 1. The Bertz CT molecular complexity index is 1100. The van der Waals surface area contributed by atoms with Crippen molar-refractivity contribution in [2.75, 3.05) is 19.7 Å². The van der Waals surface area contributed by atoms with Crippen LogP contribution < -0.4 is 20.1 Å². The second-order valence-electron chi connectivity index (χ2n) is 8.59. The van der Waals surface area contributed by atoms with Crippen LogP contribution in [0.3, 0.4) is 0 Å². The number of urea groups is 1. The highest BCUT2D eigenvalue weighted by Crippen LogP contribution is 2.33. The van der Waals surface area contributed by atoms with E-state index in [1.807, 2.05) is 36.4 Å². The van der Waals surface area contributed by atoms with Crippen molar-refractivity contribution < 1.29 is 23.9 Å². The summed E-state index contributed by atoms with van der Waals surface area (Å²) in [5.74, 6) is 0.424. The number of para-hydroxylation sites is 2. The third kappa shape index (κ3) is 3.55. The molecule has 1 aliphatic carbocycles. The van der Waals surface area contributed by atoms with Crippen LogP contribution in [0.15, 0.2) is 42.5 Å². The van der Waals surface area contributed by atoms with Crippen molar-refractivity contribution in [1.29, 1.82) is 0 Å². The van der Waals surface area contributed by atoms with Gasteiger partial charge in [0.25, 0.3) is 5.91 Å². The molecular weight excluding hydrogens is 410 g/mol. The Morgan fingerprint density at radius 2 is 1.94 bits per heavy atom. The molecule has 166 valence electrons. The van der Waals surface area contributed by atoms with Gasteiger partial charge in [0.05, 0.1) is 6.54 Å². The van der Waals surface area contributed by atoms with Gasteiger partial charge >= 0.3 is 6.03 Å². The first-order valence-electron chi connectivity index (χ1n) is 10.9. The van der Waals surface area contributed by atoms with E-state index >= 15 is 0 Å². The number of benzene rings is 2. The summed E-state index contributed by atoms with van der Waals surface area (Å²) < 4.78 is 11.5. The lowest BCUT2D eigenvalue weighted by atomic mass is 9.89. The van der Waals surface area contributed by atoms with E-state index in [9.17, 15) is 14.4 Å². The first-order chi connectivity index (χ1) is 15.4. The van der Waals surface area contributed by atoms with Crippen LogP contribution in [0.4, 0.5) is 4.79 Å². The minimum absolute atomic E-state index is 0.207. The average Bonchev–Trinajstić information content (AvgIpc) is 3.36. The SMILES string of the molecule is C[C@]1(c2ccc3c(c2)CCC3)NC(=O)N(CC(=O)NC[C@H]2COc3ccccc3O2)C1=O. The monoisotopic (exact) mass is 435 g/mol. The molecule has 0 bridgehead atoms. The number of imide groups is 1. The molecule has 2 aromatic carbocycles. The molecular formula is C24H25N3O5. The number of carbonyl (C=O) groups is 3. The summed E-state index contributed by atoms with van der Waals surface area (Å²) in [6.45, 7) is 1.84. The van der Waals surface area contributed by atoms with E-state index in [0.717, 1.165) is 29.7 Å². The Labute approximate surface area is 185 Å². The van der Waals surface area contributed by atoms with Crippen molar-refractivity contribution in [3.63, 3.8) is 0 Å². The molecule has 0 saturated carbocycles. The fourth-order valence-corrected chi connectivity index (χ4v) is 4.51. The molecule has 8 nitrogen and oxygen atoms in total. The second-order valence-corrected chi connectivity index (χ2v) is 8.59. The standard InChI is InChI=1S/C24H25N3O5/c1-24(17-10-9-15-5-4-6-16(15)11-17)22(29)27(23(30)26-24)13-21(28)25-12-18-14-31-19-7-2-3-8-20(19)32-18/h2-3,7-11,18H,4-6,12-14H2,1H3,(H,25,28)(H,26,30)/t18-,24+/m0/s1. The molecule has 3 aliphatic rings. The maximum atomic E-state index is 13.1. The van der Waals surface area contributed by atoms with E-state index in [1.165, 1.54) is 11.1 Å². The van der Waals surface area contributed by atoms with Crippen LogP contribution in [-0.2, 0) is 28.0 Å². The van der Waals surface area contributed by atoms with Crippen LogP contribution in [0.1, 0.15) is 30.0 Å². The van der Waals surface area contributed by atoms with Gasteiger partial charge in [0, 0.05) is 0 Å². The molecule has 2 heterocycles. The lowest BCUT2D eigenvalue weighted by Crippen LogP contribution is -2.46. The molecule has 2 atom stereocenters. The number of amides is 4. The van der Waals surface area contributed by atoms with Gasteiger partial charge in [-0.3, -0.25) is 14.5 Å². The number of rotatable bonds is 5. The normalized spacial score (nSPS) is 23.7. The summed E-state index contributed by atoms with van der Waals surface area (Å²) in [5.41, 5.74) is 2.07. The van der Waals surface area contributed by atoms with E-state index in [2.05, 4.69) is 10.6 Å². The van der Waals surface area contributed by atoms with Gasteiger partial charge in [0.15, 0.2) is 11.5 Å². The first-order valence-corrected chi connectivity index (χ1v) is 10.9. The minimum atomic E-state index is -1.18. The van der Waals surface area contributed by atoms with Crippen molar-refractivity contribution in [2.24, 2.45) is 0 Å². The Kier molecular flexibility index (Phi) is 5.00. The van der Waals surface area contributed by atoms with Crippen LogP contribution in [-0.4, -0.2) is 48.5 Å². The highest BCUT2D eigenvalue weighted by molar-refractivity contribution is 6.09. The topological polar surface area (TPSA) is 97.0 Å². The summed E-state index contributed by atoms with van der Waals surface area (Å²) in [7, 11) is 0. The number of ether oxygens (including phenoxy) is 2. The molecule has 4 amide bonds. The molecule has 32 heavy (non-hydrogen) atoms. The van der Waals surface area contributed by atoms with E-state index < -0.39 is 23.4 Å². The van der Waals surface area contributed by atoms with Crippen molar-refractivity contribution >= 4 is 17.8 Å². The van der Waals surface area contributed by atoms with Crippen LogP contribution in [0, 0.1) is 0 Å². The average molecular weight is 435 g/mol. The van der Waals surface area contributed by atoms with Gasteiger partial charge in [-0.2, -0.15) is 0 Å². The molecule has 1 saturated heterocycles. The maximum Gasteiger partial charge on any atom is 0.325 e. The number of aryl methyl sites for hydroxylation is 2. The van der Waals surface area contributed by atoms with Gasteiger partial charge in [-0.1, -0.05) is 30.3 Å². The predicted octanol–water partition coefficient (Wildman–Crippen LogP) is 1.90. The van der Waals surface area contributed by atoms with Crippen molar-refractivity contribution in [3.8, 4) is 11.5 Å². The molecule has 0 spiro atoms. The lowest BCUT2D eigenvalue weighted by molar-refractivity contribution is -0.134. The number of fused-ring (bicyclic) bond motifs is 2. The zero-order valence-corrected chi connectivity index (χ0v) is 17.8. The van der Waals surface area contributed by atoms with Crippen LogP contribution in [0.25, 0.3) is 0 Å². The highest BCUT2D eigenvalue weighted by atomic mass is 16.6. The zero-order chi connectivity index (χ0) is 22.3. The predicted molar refractivity (Wildman–Crippen MR) is 115 cm³/mol. The fourth-order valence-electron chi connectivity index (χ4n) is 4.51. The van der Waals surface area contributed by atoms with Crippen LogP contribution in [0.2, 0.25) is 0 Å². The Hall–Kier alpha value is -3.55. The van der Waals surface area contributed by atoms with Gasteiger partial charge in [0.2, 0.25) is 5.91 Å². The maximum absolute atomic E-state index is 13.1. The second kappa shape index (κ2) is 7.85. The minimum Gasteiger partial charge on any atom is -0.486 e. The van der Waals surface area contributed by atoms with E-state index in [1.54, 1.807) is 13.0 Å². The number of hydrogen-bond donors (Lipinski definition) is 2. The van der Waals surface area contributed by atoms with E-state index in [0.29, 0.717) is 18.1 Å². The number of carbonyl (C=O) groups excluding carboxylic acids is 3. The molecule has 8 heteroatoms. The summed E-state index contributed by atoms with van der Waals surface area (Å²) in [4.78, 5) is 39.2. The van der Waals surface area contributed by atoms with E-state index in [-0.39, 0.29) is 19.2 Å². The molecule has 1 fully saturated rings. The smallest absolute Gasteiger partial charge is 0.325 e. The summed E-state index contributed by atoms with van der Waals surface area (Å²) >= 11 is 0. The van der Waals surface area contributed by atoms with Gasteiger partial charge in [-0.25, -0.2) is 4.79 Å². The summed E-state index contributed by atoms with van der Waals surface area (Å²) in [6.07, 6.45) is 2.77. The number of hydrogen-bond acceptors (Lipinski definition) is 5. The Balaban J connectivity index is 1.21. The number of nitrogens with one attached hydrogen (secondary N) is 2. The Morgan fingerprint density at radius 3 is 2.78 bits per heavy atom. The van der Waals surface area contributed by atoms with Gasteiger partial charge in [0.1, 0.15) is 24.8 Å². The van der Waals surface area contributed by atoms with E-state index in [4.69, 9.17) is 9.47 Å². The Morgan fingerprint density at radius 1 is 1.16 bits per heavy atom. The van der Waals surface area contributed by atoms with Crippen molar-refractivity contribution in [2.45, 2.75) is 37.8 Å². The first kappa shape index (κ1) is 20.4. The quantitative estimate of drug-likeness (QED) is 0.700. The molecule has 0 aromatic heterocycles. The molecule has 2 aromatic rings. The van der Waals surface area contributed by atoms with Crippen molar-refractivity contribution in [1.82, 2.24) is 15.5 Å².